The second kappa shape index (κ2) is 6.52. The maximum Gasteiger partial charge on any atom is 0.187 e. The zero-order valence-corrected chi connectivity index (χ0v) is 12.4. The molecule has 0 fully saturated rings. The molecular weight excluding hydrogens is 286 g/mol. The number of carbonyl (C=O) groups excluding carboxylic acids is 1. The molecular formula is C12H18BrNOS. The van der Waals surface area contributed by atoms with Gasteiger partial charge in [0.05, 0.1) is 11.4 Å². The van der Waals surface area contributed by atoms with Gasteiger partial charge >= 0.3 is 0 Å². The Bertz CT molecular complexity index is 351. The Morgan fingerprint density at radius 3 is 2.81 bits per heavy atom. The van der Waals surface area contributed by atoms with E-state index in [9.17, 15) is 4.79 Å². The molecule has 0 radical (unpaired) electrons. The van der Waals surface area contributed by atoms with Gasteiger partial charge in [0.25, 0.3) is 0 Å². The summed E-state index contributed by atoms with van der Waals surface area (Å²) in [6.07, 6.45) is 1.15. The molecule has 0 aliphatic carbocycles. The number of halogens is 1. The minimum Gasteiger partial charge on any atom is -0.299 e. The molecule has 0 aromatic carbocycles. The lowest BCUT2D eigenvalue weighted by molar-refractivity contribution is 0.0942. The van der Waals surface area contributed by atoms with Crippen LogP contribution in [0.2, 0.25) is 0 Å². The minimum atomic E-state index is 0.202. The Balaban J connectivity index is 2.49. The number of hydrogen-bond acceptors (Lipinski definition) is 3. The molecule has 0 aliphatic heterocycles. The predicted octanol–water partition coefficient (Wildman–Crippen LogP) is 3.67. The summed E-state index contributed by atoms with van der Waals surface area (Å²) >= 11 is 4.89. The van der Waals surface area contributed by atoms with E-state index in [-0.39, 0.29) is 5.78 Å². The third-order valence-corrected chi connectivity index (χ3v) is 4.48. The number of carbonyl (C=O) groups is 1. The second-order valence-corrected chi connectivity index (χ2v) is 6.00. The third-order valence-electron chi connectivity index (χ3n) is 2.60. The van der Waals surface area contributed by atoms with Crippen LogP contribution in [-0.2, 0) is 0 Å². The lowest BCUT2D eigenvalue weighted by Crippen LogP contribution is -2.29. The highest BCUT2D eigenvalue weighted by Crippen LogP contribution is 2.23. The van der Waals surface area contributed by atoms with Gasteiger partial charge in [0.1, 0.15) is 0 Å². The molecule has 2 nitrogen and oxygen atoms in total. The van der Waals surface area contributed by atoms with Gasteiger partial charge in [-0.1, -0.05) is 20.3 Å². The van der Waals surface area contributed by atoms with Crippen molar-refractivity contribution in [2.24, 2.45) is 5.92 Å². The average Bonchev–Trinajstić information content (AvgIpc) is 2.63. The van der Waals surface area contributed by atoms with Crippen LogP contribution in [0.1, 0.15) is 29.9 Å². The molecule has 0 amide bonds. The van der Waals surface area contributed by atoms with Crippen molar-refractivity contribution >= 4 is 33.0 Å². The number of nitrogens with zero attached hydrogens (tertiary/aromatic N) is 1. The lowest BCUT2D eigenvalue weighted by Gasteiger charge is -2.19. The van der Waals surface area contributed by atoms with Gasteiger partial charge in [0, 0.05) is 11.0 Å². The van der Waals surface area contributed by atoms with Crippen LogP contribution < -0.4 is 0 Å². The summed E-state index contributed by atoms with van der Waals surface area (Å²) in [5.41, 5.74) is 0. The summed E-state index contributed by atoms with van der Waals surface area (Å²) in [5, 5.41) is 1.94. The summed E-state index contributed by atoms with van der Waals surface area (Å²) in [6.45, 7) is 5.87. The normalized spacial score (nSPS) is 13.1. The van der Waals surface area contributed by atoms with E-state index < -0.39 is 0 Å². The van der Waals surface area contributed by atoms with E-state index in [4.69, 9.17) is 0 Å². The molecule has 1 heterocycles. The highest BCUT2D eigenvalue weighted by Gasteiger charge is 2.14. The smallest absolute Gasteiger partial charge is 0.187 e. The number of ketones is 1. The van der Waals surface area contributed by atoms with E-state index in [1.807, 2.05) is 18.5 Å². The molecule has 0 saturated carbocycles. The number of rotatable bonds is 6. The molecule has 1 aromatic heterocycles. The molecule has 0 saturated heterocycles. The van der Waals surface area contributed by atoms with Gasteiger partial charge in [-0.3, -0.25) is 9.69 Å². The third kappa shape index (κ3) is 4.00. The Hall–Kier alpha value is -0.190. The van der Waals surface area contributed by atoms with E-state index in [1.54, 1.807) is 0 Å². The summed E-state index contributed by atoms with van der Waals surface area (Å²) in [7, 11) is 2.01. The van der Waals surface area contributed by atoms with Crippen LogP contribution in [0.4, 0.5) is 0 Å². The zero-order chi connectivity index (χ0) is 12.1. The summed E-state index contributed by atoms with van der Waals surface area (Å²) in [5.74, 6) is 0.845. The largest absolute Gasteiger partial charge is 0.299 e. The van der Waals surface area contributed by atoms with Crippen molar-refractivity contribution in [3.63, 3.8) is 0 Å². The first kappa shape index (κ1) is 13.9. The van der Waals surface area contributed by atoms with Crippen LogP contribution in [0.5, 0.6) is 0 Å². The predicted molar refractivity (Wildman–Crippen MR) is 73.3 cm³/mol. The van der Waals surface area contributed by atoms with Gasteiger partial charge in [-0.25, -0.2) is 0 Å². The number of hydrogen-bond donors (Lipinski definition) is 0. The van der Waals surface area contributed by atoms with Crippen LogP contribution in [0.3, 0.4) is 0 Å². The lowest BCUT2D eigenvalue weighted by atomic mass is 10.1. The highest BCUT2D eigenvalue weighted by atomic mass is 79.9. The van der Waals surface area contributed by atoms with E-state index in [1.165, 1.54) is 11.3 Å². The van der Waals surface area contributed by atoms with Crippen molar-refractivity contribution in [1.29, 1.82) is 0 Å². The maximum absolute atomic E-state index is 11.9. The SMILES string of the molecule is CCC(C)CN(C)CC(=O)c1sccc1Br. The Morgan fingerprint density at radius 1 is 1.62 bits per heavy atom. The van der Waals surface area contributed by atoms with Crippen molar-refractivity contribution in [3.05, 3.63) is 20.8 Å². The van der Waals surface area contributed by atoms with Gasteiger partial charge in [-0.2, -0.15) is 0 Å². The fourth-order valence-electron chi connectivity index (χ4n) is 1.54. The quantitative estimate of drug-likeness (QED) is 0.747. The summed E-state index contributed by atoms with van der Waals surface area (Å²) < 4.78 is 0.916. The van der Waals surface area contributed by atoms with Gasteiger partial charge in [0.15, 0.2) is 5.78 Å². The fraction of sp³-hybridized carbons (Fsp3) is 0.583. The van der Waals surface area contributed by atoms with Crippen molar-refractivity contribution in [3.8, 4) is 0 Å². The molecule has 1 rings (SSSR count). The molecule has 16 heavy (non-hydrogen) atoms. The molecule has 0 spiro atoms. The van der Waals surface area contributed by atoms with Crippen LogP contribution in [-0.4, -0.2) is 30.8 Å². The van der Waals surface area contributed by atoms with Crippen LogP contribution in [0.15, 0.2) is 15.9 Å². The topological polar surface area (TPSA) is 20.3 Å². The monoisotopic (exact) mass is 303 g/mol. The molecule has 1 aromatic rings. The van der Waals surface area contributed by atoms with Gasteiger partial charge in [-0.15, -0.1) is 11.3 Å². The molecule has 1 unspecified atom stereocenters. The first-order chi connectivity index (χ1) is 7.54. The van der Waals surface area contributed by atoms with Crippen molar-refractivity contribution in [1.82, 2.24) is 4.90 Å². The van der Waals surface area contributed by atoms with E-state index in [0.717, 1.165) is 22.3 Å². The summed E-state index contributed by atoms with van der Waals surface area (Å²) in [4.78, 5) is 14.9. The molecule has 0 aliphatic rings. The van der Waals surface area contributed by atoms with E-state index in [0.29, 0.717) is 12.5 Å². The highest BCUT2D eigenvalue weighted by molar-refractivity contribution is 9.10. The zero-order valence-electron chi connectivity index (χ0n) is 10.00. The van der Waals surface area contributed by atoms with Crippen molar-refractivity contribution in [2.75, 3.05) is 20.1 Å². The molecule has 4 heteroatoms. The first-order valence-corrected chi connectivity index (χ1v) is 7.16. The maximum atomic E-state index is 11.9. The van der Waals surface area contributed by atoms with Crippen molar-refractivity contribution in [2.45, 2.75) is 20.3 Å². The summed E-state index contributed by atoms with van der Waals surface area (Å²) in [6, 6.07) is 1.92. The second-order valence-electron chi connectivity index (χ2n) is 4.23. The number of thiophene rings is 1. The molecule has 1 atom stereocenters. The Labute approximate surface area is 110 Å². The van der Waals surface area contributed by atoms with Crippen molar-refractivity contribution < 1.29 is 4.79 Å². The van der Waals surface area contributed by atoms with E-state index in [2.05, 4.69) is 34.7 Å². The van der Waals surface area contributed by atoms with Crippen LogP contribution in [0, 0.1) is 5.92 Å². The van der Waals surface area contributed by atoms with Gasteiger partial charge < -0.3 is 0 Å². The first-order valence-electron chi connectivity index (χ1n) is 5.49. The molecule has 0 N–H and O–H groups in total. The number of Topliss-reactive ketones (excluding diaryl/α,β-unsaturated/α-hetero) is 1. The standard InChI is InChI=1S/C12H18BrNOS/c1-4-9(2)7-14(3)8-11(15)12-10(13)5-6-16-12/h5-6,9H,4,7-8H2,1-3H3. The van der Waals surface area contributed by atoms with Gasteiger partial charge in [0.2, 0.25) is 0 Å². The number of likely N-dealkylation sites (N-methyl/N-ethyl adjacent to an activating group) is 1. The molecule has 90 valence electrons. The minimum absolute atomic E-state index is 0.202. The van der Waals surface area contributed by atoms with Gasteiger partial charge in [-0.05, 0) is 40.3 Å². The van der Waals surface area contributed by atoms with E-state index >= 15 is 0 Å². The average molecular weight is 304 g/mol. The fourth-order valence-corrected chi connectivity index (χ4v) is 3.06. The van der Waals surface area contributed by atoms with Crippen LogP contribution >= 0.6 is 27.3 Å². The van der Waals surface area contributed by atoms with Crippen LogP contribution in [0.25, 0.3) is 0 Å². The Kier molecular flexibility index (Phi) is 5.66. The molecule has 0 bridgehead atoms. The Morgan fingerprint density at radius 2 is 2.31 bits per heavy atom.